The van der Waals surface area contributed by atoms with Gasteiger partial charge < -0.3 is 18.9 Å². The van der Waals surface area contributed by atoms with Gasteiger partial charge in [-0.1, -0.05) is 12.5 Å². The van der Waals surface area contributed by atoms with Gasteiger partial charge in [-0.15, -0.1) is 0 Å². The Morgan fingerprint density at radius 3 is 2.41 bits per heavy atom. The van der Waals surface area contributed by atoms with Crippen LogP contribution in [0.2, 0.25) is 0 Å². The molecular weight excluding hydrogens is 284 g/mol. The average Bonchev–Trinajstić information content (AvgIpc) is 2.86. The van der Waals surface area contributed by atoms with Crippen molar-refractivity contribution in [1.82, 2.24) is 0 Å². The quantitative estimate of drug-likeness (QED) is 0.391. The summed E-state index contributed by atoms with van der Waals surface area (Å²) in [5.41, 5.74) is 1.97. The molecule has 0 aliphatic heterocycles. The molecule has 5 nitrogen and oxygen atoms in total. The first-order chi connectivity index (χ1) is 10.7. The number of rotatable bonds is 8. The first-order valence-electron chi connectivity index (χ1n) is 7.80. The Balaban J connectivity index is 1.89. The lowest BCUT2D eigenvalue weighted by atomic mass is 9.44. The fraction of sp³-hybridized carbons (Fsp3) is 0.706. The standard InChI is InChI=1S/C17H24O5/c1-19-11-21-9-13-14(10-22-12-20-2)17-8-4-7-16(13,17)6-3-5-15(17)18/h3,5H,4,6-12H2,1-2H3/t16-,17+/m1/s1. The van der Waals surface area contributed by atoms with Gasteiger partial charge in [-0.05, 0) is 36.5 Å². The molecule has 0 radical (unpaired) electrons. The lowest BCUT2D eigenvalue weighted by Crippen LogP contribution is -2.58. The summed E-state index contributed by atoms with van der Waals surface area (Å²) < 4.78 is 21.1. The number of hydrogen-bond donors (Lipinski definition) is 0. The number of carbonyl (C=O) groups excluding carboxylic acids is 1. The van der Waals surface area contributed by atoms with E-state index in [-0.39, 0.29) is 30.2 Å². The molecule has 0 aromatic rings. The molecule has 0 amide bonds. The second kappa shape index (κ2) is 6.24. The van der Waals surface area contributed by atoms with E-state index in [1.54, 1.807) is 20.3 Å². The van der Waals surface area contributed by atoms with E-state index in [1.807, 2.05) is 6.08 Å². The Morgan fingerprint density at radius 1 is 1.05 bits per heavy atom. The number of carbonyl (C=O) groups is 1. The summed E-state index contributed by atoms with van der Waals surface area (Å²) in [6.45, 7) is 1.47. The number of methoxy groups -OCH3 is 2. The molecule has 0 spiro atoms. The normalized spacial score (nSPS) is 32.9. The van der Waals surface area contributed by atoms with Crippen LogP contribution in [0.3, 0.4) is 0 Å². The van der Waals surface area contributed by atoms with Gasteiger partial charge in [-0.25, -0.2) is 0 Å². The molecule has 3 aliphatic rings. The van der Waals surface area contributed by atoms with Gasteiger partial charge in [0.15, 0.2) is 5.78 Å². The van der Waals surface area contributed by atoms with Crippen LogP contribution >= 0.6 is 0 Å². The molecule has 5 heteroatoms. The Kier molecular flexibility index (Phi) is 4.50. The molecule has 3 aliphatic carbocycles. The van der Waals surface area contributed by atoms with Gasteiger partial charge in [0.2, 0.25) is 0 Å². The maximum Gasteiger partial charge on any atom is 0.166 e. The molecular formula is C17H24O5. The molecule has 1 fully saturated rings. The van der Waals surface area contributed by atoms with Crippen LogP contribution in [0.15, 0.2) is 23.3 Å². The van der Waals surface area contributed by atoms with Gasteiger partial charge in [0.1, 0.15) is 13.6 Å². The van der Waals surface area contributed by atoms with E-state index in [4.69, 9.17) is 18.9 Å². The average molecular weight is 308 g/mol. The SMILES string of the molecule is COCOCC1=C(COCOC)[C@]23CCC[C@]12CC=CC3=O. The van der Waals surface area contributed by atoms with E-state index in [2.05, 4.69) is 0 Å². The van der Waals surface area contributed by atoms with Gasteiger partial charge in [-0.2, -0.15) is 0 Å². The van der Waals surface area contributed by atoms with Crippen molar-refractivity contribution in [3.63, 3.8) is 0 Å². The molecule has 22 heavy (non-hydrogen) atoms. The van der Waals surface area contributed by atoms with Crippen molar-refractivity contribution in [2.45, 2.75) is 25.7 Å². The van der Waals surface area contributed by atoms with Crippen molar-refractivity contribution in [2.75, 3.05) is 41.0 Å². The minimum atomic E-state index is -0.346. The maximum absolute atomic E-state index is 12.7. The lowest BCUT2D eigenvalue weighted by Gasteiger charge is -2.58. The van der Waals surface area contributed by atoms with Crippen molar-refractivity contribution in [1.29, 1.82) is 0 Å². The molecule has 0 unspecified atom stereocenters. The third-order valence-electron chi connectivity index (χ3n) is 5.48. The minimum Gasteiger partial charge on any atom is -0.359 e. The molecule has 122 valence electrons. The van der Waals surface area contributed by atoms with E-state index in [1.165, 1.54) is 5.57 Å². The number of allylic oxidation sites excluding steroid dienone is 2. The predicted octanol–water partition coefficient (Wildman–Crippen LogP) is 2.22. The van der Waals surface area contributed by atoms with Crippen molar-refractivity contribution < 1.29 is 23.7 Å². The second-order valence-electron chi connectivity index (χ2n) is 6.28. The number of ether oxygens (including phenoxy) is 4. The predicted molar refractivity (Wildman–Crippen MR) is 80.2 cm³/mol. The topological polar surface area (TPSA) is 54.0 Å². The van der Waals surface area contributed by atoms with Crippen LogP contribution in [0.5, 0.6) is 0 Å². The van der Waals surface area contributed by atoms with E-state index in [0.29, 0.717) is 13.2 Å². The first kappa shape index (κ1) is 15.9. The molecule has 0 aromatic heterocycles. The van der Waals surface area contributed by atoms with Gasteiger partial charge in [0, 0.05) is 19.6 Å². The highest BCUT2D eigenvalue weighted by molar-refractivity contribution is 6.02. The Hall–Kier alpha value is -1.01. The van der Waals surface area contributed by atoms with Crippen molar-refractivity contribution >= 4 is 5.78 Å². The van der Waals surface area contributed by atoms with Crippen molar-refractivity contribution in [3.05, 3.63) is 23.3 Å². The summed E-state index contributed by atoms with van der Waals surface area (Å²) in [6.07, 6.45) is 7.77. The molecule has 0 N–H and O–H groups in total. The highest BCUT2D eigenvalue weighted by Gasteiger charge is 2.69. The molecule has 0 bridgehead atoms. The van der Waals surface area contributed by atoms with Crippen molar-refractivity contribution in [2.24, 2.45) is 10.8 Å². The minimum absolute atomic E-state index is 0.0433. The zero-order valence-electron chi connectivity index (χ0n) is 13.4. The van der Waals surface area contributed by atoms with Crippen LogP contribution < -0.4 is 0 Å². The Labute approximate surface area is 131 Å². The van der Waals surface area contributed by atoms with Crippen LogP contribution in [0.25, 0.3) is 0 Å². The number of hydrogen-bond acceptors (Lipinski definition) is 5. The lowest BCUT2D eigenvalue weighted by molar-refractivity contribution is -0.132. The summed E-state index contributed by atoms with van der Waals surface area (Å²) in [5.74, 6) is 0.239. The van der Waals surface area contributed by atoms with Crippen LogP contribution in [-0.2, 0) is 23.7 Å². The molecule has 0 aromatic carbocycles. The van der Waals surface area contributed by atoms with Crippen LogP contribution in [0.4, 0.5) is 0 Å². The second-order valence-corrected chi connectivity index (χ2v) is 6.28. The summed E-state index contributed by atoms with van der Waals surface area (Å²) in [7, 11) is 3.22. The molecule has 1 saturated carbocycles. The largest absolute Gasteiger partial charge is 0.359 e. The van der Waals surface area contributed by atoms with Crippen LogP contribution in [0, 0.1) is 10.8 Å². The van der Waals surface area contributed by atoms with E-state index >= 15 is 0 Å². The van der Waals surface area contributed by atoms with Crippen LogP contribution in [-0.4, -0.2) is 46.8 Å². The fourth-order valence-electron chi connectivity index (χ4n) is 4.75. The highest BCUT2D eigenvalue weighted by Crippen LogP contribution is 2.72. The van der Waals surface area contributed by atoms with E-state index < -0.39 is 0 Å². The third kappa shape index (κ3) is 2.03. The summed E-state index contributed by atoms with van der Waals surface area (Å²) >= 11 is 0. The molecule has 0 saturated heterocycles. The van der Waals surface area contributed by atoms with Gasteiger partial charge in [0.25, 0.3) is 0 Å². The van der Waals surface area contributed by atoms with Crippen molar-refractivity contribution in [3.8, 4) is 0 Å². The third-order valence-corrected chi connectivity index (χ3v) is 5.48. The zero-order valence-corrected chi connectivity index (χ0v) is 13.4. The van der Waals surface area contributed by atoms with E-state index in [0.717, 1.165) is 31.3 Å². The Bertz CT molecular complexity index is 509. The summed E-state index contributed by atoms with van der Waals surface area (Å²) in [4.78, 5) is 12.7. The Morgan fingerprint density at radius 2 is 1.73 bits per heavy atom. The summed E-state index contributed by atoms with van der Waals surface area (Å²) in [6, 6.07) is 0. The number of ketones is 1. The fourth-order valence-corrected chi connectivity index (χ4v) is 4.75. The zero-order chi connectivity index (χ0) is 15.6. The molecule has 3 rings (SSSR count). The van der Waals surface area contributed by atoms with Gasteiger partial charge >= 0.3 is 0 Å². The van der Waals surface area contributed by atoms with Crippen LogP contribution in [0.1, 0.15) is 25.7 Å². The maximum atomic E-state index is 12.7. The highest BCUT2D eigenvalue weighted by atomic mass is 16.7. The summed E-state index contributed by atoms with van der Waals surface area (Å²) in [5, 5.41) is 0. The van der Waals surface area contributed by atoms with Gasteiger partial charge in [0.05, 0.1) is 18.6 Å². The van der Waals surface area contributed by atoms with E-state index in [9.17, 15) is 4.79 Å². The van der Waals surface area contributed by atoms with Gasteiger partial charge in [-0.3, -0.25) is 4.79 Å². The molecule has 0 heterocycles. The molecule has 2 atom stereocenters. The monoisotopic (exact) mass is 308 g/mol. The smallest absolute Gasteiger partial charge is 0.166 e. The first-order valence-corrected chi connectivity index (χ1v) is 7.80.